The number of esters is 1. The highest BCUT2D eigenvalue weighted by Crippen LogP contribution is 2.35. The van der Waals surface area contributed by atoms with Crippen LogP contribution in [-0.2, 0) is 28.7 Å². The zero-order valence-corrected chi connectivity index (χ0v) is 33.6. The molecule has 1 aromatic heterocycles. The first-order chi connectivity index (χ1) is 27.4. The number of H-pyrrole nitrogens is 1. The highest BCUT2D eigenvalue weighted by molar-refractivity contribution is 6.04. The van der Waals surface area contributed by atoms with Gasteiger partial charge >= 0.3 is 12.1 Å². The Balaban J connectivity index is 1.07. The molecule has 0 radical (unpaired) electrons. The second-order valence-electron chi connectivity index (χ2n) is 15.5. The summed E-state index contributed by atoms with van der Waals surface area (Å²) in [5.74, 6) is -1.26. The summed E-state index contributed by atoms with van der Waals surface area (Å²) in [5.41, 5.74) is 6.98. The molecule has 3 aliphatic heterocycles. The van der Waals surface area contributed by atoms with Gasteiger partial charge in [0.15, 0.2) is 0 Å². The number of allylic oxidation sites excluding steroid dienone is 1. The average molecular weight is 780 g/mol. The number of hydrogen-bond acceptors (Lipinski definition) is 9. The number of alkyl carbamates (subject to hydrolysis) is 1. The molecule has 4 heterocycles. The predicted molar refractivity (Wildman–Crippen MR) is 216 cm³/mol. The van der Waals surface area contributed by atoms with Crippen molar-refractivity contribution in [1.29, 1.82) is 0 Å². The number of methoxy groups -OCH3 is 2. The third-order valence-electron chi connectivity index (χ3n) is 11.2. The minimum atomic E-state index is -0.789. The number of ether oxygens (including phenoxy) is 2. The van der Waals surface area contributed by atoms with Gasteiger partial charge in [-0.15, -0.1) is 0 Å². The standard InChI is InChI=1S/C43H53N7O7/c1-26(2)39(47-43(55)57-6)42(54)50-20-8-10-36(50)40-45-25-34(46-40)30-17-15-28(16-18-30)27-11-13-29(14-12-27)32-21-33(44-24-32)35-9-7-19-49(35)41(53)31(23-38(52)56-5)22-37(51)48(3)4/h11-18,24-26,31,35-36,39H,7-10,19-23H2,1-6H3,(H,45,46)(H,47,55)/t31-,35+,36+,39+/m1/s1. The summed E-state index contributed by atoms with van der Waals surface area (Å²) >= 11 is 0. The third kappa shape index (κ3) is 9.27. The molecule has 57 heavy (non-hydrogen) atoms. The first kappa shape index (κ1) is 40.9. The van der Waals surface area contributed by atoms with Gasteiger partial charge in [-0.1, -0.05) is 62.4 Å². The number of hydrogen-bond donors (Lipinski definition) is 2. The van der Waals surface area contributed by atoms with Crippen molar-refractivity contribution in [2.75, 3.05) is 41.4 Å². The number of aliphatic imine (C=N–C) groups is 1. The van der Waals surface area contributed by atoms with Crippen LogP contribution in [0.15, 0.2) is 65.9 Å². The van der Waals surface area contributed by atoms with Gasteiger partial charge in [0.1, 0.15) is 11.9 Å². The summed E-state index contributed by atoms with van der Waals surface area (Å²) in [6.07, 6.45) is 6.68. The fourth-order valence-corrected chi connectivity index (χ4v) is 7.93. The molecule has 0 spiro atoms. The van der Waals surface area contributed by atoms with E-state index in [4.69, 9.17) is 14.5 Å². The lowest BCUT2D eigenvalue weighted by atomic mass is 9.95. The van der Waals surface area contributed by atoms with Crippen LogP contribution in [0.1, 0.15) is 76.2 Å². The van der Waals surface area contributed by atoms with E-state index in [2.05, 4.69) is 51.7 Å². The number of rotatable bonds is 13. The number of nitrogens with one attached hydrogen (secondary N) is 2. The first-order valence-corrected chi connectivity index (χ1v) is 19.6. The maximum absolute atomic E-state index is 13.8. The van der Waals surface area contributed by atoms with Crippen LogP contribution in [0.4, 0.5) is 4.79 Å². The molecule has 2 N–H and O–H groups in total. The summed E-state index contributed by atoms with van der Waals surface area (Å²) in [6.45, 7) is 4.94. The smallest absolute Gasteiger partial charge is 0.407 e. The zero-order chi connectivity index (χ0) is 40.8. The Morgan fingerprint density at radius 1 is 0.825 bits per heavy atom. The summed E-state index contributed by atoms with van der Waals surface area (Å²) < 4.78 is 9.59. The van der Waals surface area contributed by atoms with Gasteiger partial charge < -0.3 is 34.5 Å². The highest BCUT2D eigenvalue weighted by Gasteiger charge is 2.39. The van der Waals surface area contributed by atoms with Gasteiger partial charge in [0.05, 0.1) is 50.5 Å². The molecule has 3 aromatic rings. The third-order valence-corrected chi connectivity index (χ3v) is 11.2. The number of carbonyl (C=O) groups excluding carboxylic acids is 5. The lowest BCUT2D eigenvalue weighted by molar-refractivity contribution is -0.148. The van der Waals surface area contributed by atoms with E-state index in [0.717, 1.165) is 70.7 Å². The van der Waals surface area contributed by atoms with Crippen LogP contribution in [0, 0.1) is 11.8 Å². The minimum Gasteiger partial charge on any atom is -0.469 e. The molecule has 6 rings (SSSR count). The highest BCUT2D eigenvalue weighted by atomic mass is 16.5. The van der Waals surface area contributed by atoms with Crippen LogP contribution in [0.2, 0.25) is 0 Å². The molecular formula is C43H53N7O7. The van der Waals surface area contributed by atoms with Gasteiger partial charge in [-0.3, -0.25) is 24.2 Å². The van der Waals surface area contributed by atoms with Crippen LogP contribution >= 0.6 is 0 Å². The van der Waals surface area contributed by atoms with Crippen LogP contribution < -0.4 is 5.32 Å². The average Bonchev–Trinajstić information content (AvgIpc) is 4.06. The van der Waals surface area contributed by atoms with E-state index in [1.807, 2.05) is 32.2 Å². The molecule has 0 aliphatic carbocycles. The van der Waals surface area contributed by atoms with Gasteiger partial charge in [-0.2, -0.15) is 0 Å². The summed E-state index contributed by atoms with van der Waals surface area (Å²) in [4.78, 5) is 81.9. The molecule has 14 nitrogen and oxygen atoms in total. The number of nitrogens with zero attached hydrogens (tertiary/aromatic N) is 5. The monoisotopic (exact) mass is 779 g/mol. The van der Waals surface area contributed by atoms with Crippen molar-refractivity contribution >= 4 is 41.1 Å². The van der Waals surface area contributed by atoms with Gasteiger partial charge in [0.25, 0.3) is 0 Å². The lowest BCUT2D eigenvalue weighted by Crippen LogP contribution is -2.51. The van der Waals surface area contributed by atoms with E-state index >= 15 is 0 Å². The SMILES string of the molecule is COC(=O)C[C@@H](CC(=O)N(C)C)C(=O)N1CCC[C@H]1C1=NC=C(c2ccc(-c3ccc(-c4cnc([C@@H]5CCCN5C(=O)[C@@H](NC(=O)OC)C(C)C)[nH]4)cc3)cc2)C1. The van der Waals surface area contributed by atoms with Crippen LogP contribution in [0.3, 0.4) is 0 Å². The molecule has 3 aliphatic rings. The fraction of sp³-hybridized carbons (Fsp3) is 0.465. The predicted octanol–water partition coefficient (Wildman–Crippen LogP) is 5.62. The van der Waals surface area contributed by atoms with Crippen molar-refractivity contribution < 1.29 is 33.4 Å². The summed E-state index contributed by atoms with van der Waals surface area (Å²) in [5, 5.41) is 2.69. The van der Waals surface area contributed by atoms with Crippen molar-refractivity contribution in [2.24, 2.45) is 16.8 Å². The van der Waals surface area contributed by atoms with Crippen molar-refractivity contribution in [2.45, 2.75) is 76.9 Å². The molecule has 2 fully saturated rings. The maximum atomic E-state index is 13.8. The molecule has 2 aromatic carbocycles. The molecule has 0 unspecified atom stereocenters. The van der Waals surface area contributed by atoms with E-state index in [0.29, 0.717) is 19.5 Å². The Morgan fingerprint density at radius 2 is 1.42 bits per heavy atom. The van der Waals surface area contributed by atoms with Gasteiger partial charge in [-0.25, -0.2) is 9.78 Å². The van der Waals surface area contributed by atoms with E-state index in [9.17, 15) is 24.0 Å². The summed E-state index contributed by atoms with van der Waals surface area (Å²) in [6, 6.07) is 15.5. The lowest BCUT2D eigenvalue weighted by Gasteiger charge is -2.30. The minimum absolute atomic E-state index is 0.0547. The van der Waals surface area contributed by atoms with Crippen LogP contribution in [0.5, 0.6) is 0 Å². The van der Waals surface area contributed by atoms with E-state index in [-0.39, 0.29) is 48.6 Å². The normalized spacial score (nSPS) is 18.9. The number of carbonyl (C=O) groups is 5. The topological polar surface area (TPSA) is 167 Å². The van der Waals surface area contributed by atoms with Gasteiger partial charge in [-0.05, 0) is 59.4 Å². The quantitative estimate of drug-likeness (QED) is 0.211. The van der Waals surface area contributed by atoms with E-state index < -0.39 is 24.0 Å². The number of aromatic amines is 1. The molecule has 4 atom stereocenters. The summed E-state index contributed by atoms with van der Waals surface area (Å²) in [7, 11) is 5.84. The van der Waals surface area contributed by atoms with Crippen molar-refractivity contribution in [3.8, 4) is 22.4 Å². The second kappa shape index (κ2) is 18.0. The number of imidazole rings is 1. The molecule has 2 saturated heterocycles. The Bertz CT molecular complexity index is 2020. The van der Waals surface area contributed by atoms with Crippen LogP contribution in [0.25, 0.3) is 28.0 Å². The molecular weight excluding hydrogens is 727 g/mol. The Hall–Kier alpha value is -5.79. The Morgan fingerprint density at radius 3 is 2.02 bits per heavy atom. The second-order valence-corrected chi connectivity index (χ2v) is 15.5. The maximum Gasteiger partial charge on any atom is 0.407 e. The number of amides is 4. The first-order valence-electron chi connectivity index (χ1n) is 19.6. The largest absolute Gasteiger partial charge is 0.469 e. The zero-order valence-electron chi connectivity index (χ0n) is 33.6. The van der Waals surface area contributed by atoms with Crippen molar-refractivity contribution in [3.63, 3.8) is 0 Å². The van der Waals surface area contributed by atoms with Crippen molar-refractivity contribution in [3.05, 3.63) is 72.3 Å². The molecule has 0 bridgehead atoms. The fourth-order valence-electron chi connectivity index (χ4n) is 7.93. The van der Waals surface area contributed by atoms with E-state index in [1.165, 1.54) is 19.1 Å². The Kier molecular flexibility index (Phi) is 12.9. The molecule has 14 heteroatoms. The number of aromatic nitrogens is 2. The molecule has 4 amide bonds. The number of likely N-dealkylation sites (tertiary alicyclic amines) is 2. The number of benzene rings is 2. The molecule has 0 saturated carbocycles. The van der Waals surface area contributed by atoms with E-state index in [1.54, 1.807) is 30.1 Å². The molecule has 302 valence electrons. The van der Waals surface area contributed by atoms with Crippen molar-refractivity contribution in [1.82, 2.24) is 30.0 Å². The van der Waals surface area contributed by atoms with Gasteiger partial charge in [0.2, 0.25) is 17.7 Å². The van der Waals surface area contributed by atoms with Gasteiger partial charge in [0, 0.05) is 51.9 Å². The van der Waals surface area contributed by atoms with Crippen LogP contribution in [-0.4, -0.2) is 114 Å². The Labute approximate surface area is 333 Å².